The first kappa shape index (κ1) is 14.7. The van der Waals surface area contributed by atoms with Gasteiger partial charge in [0.05, 0.1) is 5.01 Å². The normalized spacial score (nSPS) is 11.0. The Morgan fingerprint density at radius 1 is 1.41 bits per heavy atom. The van der Waals surface area contributed by atoms with Crippen LogP contribution >= 0.6 is 11.3 Å². The molecule has 114 valence electrons. The molecule has 3 N–H and O–H groups in total. The van der Waals surface area contributed by atoms with E-state index in [4.69, 9.17) is 10.2 Å². The summed E-state index contributed by atoms with van der Waals surface area (Å²) in [4.78, 5) is 20.8. The van der Waals surface area contributed by atoms with Gasteiger partial charge in [0.2, 0.25) is 0 Å². The molecule has 0 aliphatic carbocycles. The van der Waals surface area contributed by atoms with E-state index in [-0.39, 0.29) is 5.91 Å². The molecule has 0 spiro atoms. The predicted molar refractivity (Wildman–Crippen MR) is 86.2 cm³/mol. The lowest BCUT2D eigenvalue weighted by atomic mass is 10.3. The topological polar surface area (TPSA) is 94.0 Å². The second-order valence-electron chi connectivity index (χ2n) is 4.76. The number of benzene rings is 1. The third kappa shape index (κ3) is 3.00. The quantitative estimate of drug-likeness (QED) is 0.754. The summed E-state index contributed by atoms with van der Waals surface area (Å²) in [7, 11) is 0. The number of oxazole rings is 1. The van der Waals surface area contributed by atoms with E-state index in [0.717, 1.165) is 16.9 Å². The van der Waals surface area contributed by atoms with Crippen molar-refractivity contribution in [2.24, 2.45) is 5.73 Å². The van der Waals surface area contributed by atoms with Crippen LogP contribution < -0.4 is 11.1 Å². The number of aromatic nitrogens is 2. The lowest BCUT2D eigenvalue weighted by Gasteiger charge is -2.02. The Kier molecular flexibility index (Phi) is 4.17. The van der Waals surface area contributed by atoms with Gasteiger partial charge in [-0.1, -0.05) is 6.92 Å². The summed E-state index contributed by atoms with van der Waals surface area (Å²) in [5.74, 6) is 0.447. The van der Waals surface area contributed by atoms with Crippen LogP contribution in [-0.2, 0) is 12.8 Å². The minimum absolute atomic E-state index is 0.238. The number of rotatable bonds is 5. The van der Waals surface area contributed by atoms with Crippen molar-refractivity contribution in [3.63, 3.8) is 0 Å². The number of anilines is 1. The maximum atomic E-state index is 12.2. The molecule has 22 heavy (non-hydrogen) atoms. The van der Waals surface area contributed by atoms with Crippen LogP contribution in [-0.4, -0.2) is 22.4 Å². The third-order valence-electron chi connectivity index (χ3n) is 3.13. The fourth-order valence-electron chi connectivity index (χ4n) is 2.05. The summed E-state index contributed by atoms with van der Waals surface area (Å²) >= 11 is 1.44. The van der Waals surface area contributed by atoms with Gasteiger partial charge in [-0.25, -0.2) is 9.97 Å². The fourth-order valence-corrected chi connectivity index (χ4v) is 2.85. The second-order valence-corrected chi connectivity index (χ2v) is 5.71. The Hall–Kier alpha value is -2.25. The molecule has 0 aliphatic rings. The predicted octanol–water partition coefficient (Wildman–Crippen LogP) is 2.60. The van der Waals surface area contributed by atoms with Crippen LogP contribution in [0.4, 0.5) is 5.69 Å². The summed E-state index contributed by atoms with van der Waals surface area (Å²) in [6.45, 7) is 2.51. The third-order valence-corrected chi connectivity index (χ3v) is 4.04. The molecule has 7 heteroatoms. The van der Waals surface area contributed by atoms with E-state index in [2.05, 4.69) is 15.3 Å². The van der Waals surface area contributed by atoms with Crippen LogP contribution in [0.3, 0.4) is 0 Å². The lowest BCUT2D eigenvalue weighted by molar-refractivity contribution is 0.102. The highest BCUT2D eigenvalue weighted by Crippen LogP contribution is 2.21. The monoisotopic (exact) mass is 316 g/mol. The van der Waals surface area contributed by atoms with Crippen molar-refractivity contribution in [2.45, 2.75) is 19.8 Å². The smallest absolute Gasteiger partial charge is 0.275 e. The molecule has 0 saturated carbocycles. The highest BCUT2D eigenvalue weighted by molar-refractivity contribution is 7.09. The number of fused-ring (bicyclic) bond motifs is 1. The van der Waals surface area contributed by atoms with Gasteiger partial charge in [0.15, 0.2) is 11.5 Å². The molecule has 0 aliphatic heterocycles. The molecule has 0 fully saturated rings. The van der Waals surface area contributed by atoms with Crippen molar-refractivity contribution < 1.29 is 9.21 Å². The summed E-state index contributed by atoms with van der Waals surface area (Å²) in [5, 5.41) is 5.43. The number of carbonyl (C=O) groups excluding carboxylic acids is 1. The molecule has 0 radical (unpaired) electrons. The Morgan fingerprint density at radius 3 is 3.05 bits per heavy atom. The van der Waals surface area contributed by atoms with Crippen LogP contribution in [0, 0.1) is 0 Å². The Balaban J connectivity index is 1.77. The van der Waals surface area contributed by atoms with Crippen molar-refractivity contribution in [2.75, 3.05) is 11.9 Å². The Labute approximate surface area is 131 Å². The Morgan fingerprint density at radius 2 is 2.27 bits per heavy atom. The largest absolute Gasteiger partial charge is 0.441 e. The number of carbonyl (C=O) groups is 1. The van der Waals surface area contributed by atoms with E-state index in [1.54, 1.807) is 23.6 Å². The van der Waals surface area contributed by atoms with Gasteiger partial charge in [-0.3, -0.25) is 4.79 Å². The molecule has 0 saturated heterocycles. The molecule has 0 atom stereocenters. The number of amides is 1. The number of nitrogens with two attached hydrogens (primary N) is 1. The van der Waals surface area contributed by atoms with Gasteiger partial charge in [0, 0.05) is 23.9 Å². The van der Waals surface area contributed by atoms with Crippen LogP contribution in [0.5, 0.6) is 0 Å². The van der Waals surface area contributed by atoms with Gasteiger partial charge in [-0.2, -0.15) is 0 Å². The van der Waals surface area contributed by atoms with Gasteiger partial charge in [0.1, 0.15) is 11.2 Å². The zero-order valence-corrected chi connectivity index (χ0v) is 12.9. The van der Waals surface area contributed by atoms with Gasteiger partial charge in [-0.05, 0) is 24.7 Å². The highest BCUT2D eigenvalue weighted by atomic mass is 32.1. The maximum Gasteiger partial charge on any atom is 0.275 e. The molecule has 1 aromatic carbocycles. The molecule has 1 amide bonds. The fraction of sp³-hybridized carbons (Fsp3) is 0.267. The van der Waals surface area contributed by atoms with E-state index < -0.39 is 0 Å². The minimum Gasteiger partial charge on any atom is -0.441 e. The standard InChI is InChI=1S/C15H16N4O2S/c1-2-13-18-10-7-9(3-4-12(10)21-13)17-15(20)11-8-22-14(19-11)5-6-16/h3-4,7-8H,2,5-6,16H2,1H3,(H,17,20). The van der Waals surface area contributed by atoms with E-state index in [1.165, 1.54) is 11.3 Å². The van der Waals surface area contributed by atoms with Gasteiger partial charge < -0.3 is 15.5 Å². The average molecular weight is 316 g/mol. The molecule has 2 heterocycles. The summed E-state index contributed by atoms with van der Waals surface area (Å²) < 4.78 is 5.55. The molecular weight excluding hydrogens is 300 g/mol. The van der Waals surface area contributed by atoms with Crippen LogP contribution in [0.25, 0.3) is 11.1 Å². The summed E-state index contributed by atoms with van der Waals surface area (Å²) in [5.41, 5.74) is 8.01. The lowest BCUT2D eigenvalue weighted by Crippen LogP contribution is -2.12. The van der Waals surface area contributed by atoms with E-state index in [9.17, 15) is 4.79 Å². The zero-order valence-electron chi connectivity index (χ0n) is 12.1. The summed E-state index contributed by atoms with van der Waals surface area (Å²) in [6.07, 6.45) is 1.42. The SMILES string of the molecule is CCc1nc2cc(NC(=O)c3csc(CCN)n3)ccc2o1. The summed E-state index contributed by atoms with van der Waals surface area (Å²) in [6, 6.07) is 5.39. The molecular formula is C15H16N4O2S. The maximum absolute atomic E-state index is 12.2. The number of nitrogens with zero attached hydrogens (tertiary/aromatic N) is 2. The molecule has 2 aromatic heterocycles. The van der Waals surface area contributed by atoms with E-state index >= 15 is 0 Å². The van der Waals surface area contributed by atoms with Crippen LogP contribution in [0.1, 0.15) is 28.3 Å². The second kappa shape index (κ2) is 6.25. The minimum atomic E-state index is -0.238. The molecule has 3 rings (SSSR count). The Bertz CT molecular complexity index is 809. The van der Waals surface area contributed by atoms with Crippen molar-refractivity contribution in [3.05, 3.63) is 40.2 Å². The van der Waals surface area contributed by atoms with Gasteiger partial charge >= 0.3 is 0 Å². The van der Waals surface area contributed by atoms with Crippen molar-refractivity contribution in [1.29, 1.82) is 0 Å². The number of hydrogen-bond donors (Lipinski definition) is 2. The number of thiazole rings is 1. The zero-order chi connectivity index (χ0) is 15.5. The molecule has 0 bridgehead atoms. The van der Waals surface area contributed by atoms with Gasteiger partial charge in [-0.15, -0.1) is 11.3 Å². The number of nitrogens with one attached hydrogen (secondary N) is 1. The number of aryl methyl sites for hydroxylation is 1. The van der Waals surface area contributed by atoms with Crippen LogP contribution in [0.15, 0.2) is 28.0 Å². The van der Waals surface area contributed by atoms with Gasteiger partial charge in [0.25, 0.3) is 5.91 Å². The highest BCUT2D eigenvalue weighted by Gasteiger charge is 2.12. The molecule has 0 unspecified atom stereocenters. The van der Waals surface area contributed by atoms with Crippen molar-refractivity contribution in [3.8, 4) is 0 Å². The number of hydrogen-bond acceptors (Lipinski definition) is 6. The molecule has 3 aromatic rings. The average Bonchev–Trinajstić information content (AvgIpc) is 3.13. The van der Waals surface area contributed by atoms with Crippen LogP contribution in [0.2, 0.25) is 0 Å². The first-order valence-electron chi connectivity index (χ1n) is 7.05. The first-order valence-corrected chi connectivity index (χ1v) is 7.93. The van der Waals surface area contributed by atoms with E-state index in [0.29, 0.717) is 35.8 Å². The van der Waals surface area contributed by atoms with Crippen molar-refractivity contribution in [1.82, 2.24) is 9.97 Å². The molecule has 6 nitrogen and oxygen atoms in total. The first-order chi connectivity index (χ1) is 10.7. The van der Waals surface area contributed by atoms with E-state index in [1.807, 2.05) is 6.92 Å². The van der Waals surface area contributed by atoms with Crippen molar-refractivity contribution >= 4 is 34.0 Å².